The molecular formula is C15H28N4O2S. The second-order valence-corrected chi connectivity index (χ2v) is 7.84. The molecule has 0 bridgehead atoms. The van der Waals surface area contributed by atoms with Crippen molar-refractivity contribution in [3.63, 3.8) is 0 Å². The molecule has 1 heterocycles. The fourth-order valence-electron chi connectivity index (χ4n) is 2.13. The summed E-state index contributed by atoms with van der Waals surface area (Å²) in [4.78, 5) is 8.32. The van der Waals surface area contributed by atoms with Gasteiger partial charge in [-0.2, -0.15) is 4.31 Å². The Morgan fingerprint density at radius 3 is 1.91 bits per heavy atom. The van der Waals surface area contributed by atoms with Crippen LogP contribution in [0.25, 0.3) is 0 Å². The second kappa shape index (κ2) is 9.19. The number of hydrogen-bond acceptors (Lipinski definition) is 5. The van der Waals surface area contributed by atoms with E-state index in [1.165, 1.54) is 6.20 Å². The molecular weight excluding hydrogens is 300 g/mol. The zero-order valence-corrected chi connectivity index (χ0v) is 14.9. The molecule has 0 fully saturated rings. The van der Waals surface area contributed by atoms with Crippen LogP contribution in [0.2, 0.25) is 0 Å². The highest BCUT2D eigenvalue weighted by Crippen LogP contribution is 2.15. The SMILES string of the molecule is CN(C)CCCN(CCCN(C)C)S(=O)(=O)c1cccnc1. The lowest BCUT2D eigenvalue weighted by Gasteiger charge is -2.23. The monoisotopic (exact) mass is 328 g/mol. The van der Waals surface area contributed by atoms with Crippen LogP contribution in [0.1, 0.15) is 12.8 Å². The molecule has 0 spiro atoms. The van der Waals surface area contributed by atoms with Gasteiger partial charge < -0.3 is 9.80 Å². The highest BCUT2D eigenvalue weighted by molar-refractivity contribution is 7.89. The van der Waals surface area contributed by atoms with E-state index in [1.54, 1.807) is 22.6 Å². The normalized spacial score (nSPS) is 12.5. The lowest BCUT2D eigenvalue weighted by atomic mass is 10.3. The molecule has 0 saturated carbocycles. The van der Waals surface area contributed by atoms with Gasteiger partial charge in [-0.25, -0.2) is 8.42 Å². The van der Waals surface area contributed by atoms with Gasteiger partial charge in [-0.05, 0) is 66.3 Å². The third-order valence-corrected chi connectivity index (χ3v) is 5.18. The molecule has 6 nitrogen and oxygen atoms in total. The summed E-state index contributed by atoms with van der Waals surface area (Å²) >= 11 is 0. The Morgan fingerprint density at radius 2 is 1.50 bits per heavy atom. The van der Waals surface area contributed by atoms with Crippen molar-refractivity contribution in [2.45, 2.75) is 17.7 Å². The van der Waals surface area contributed by atoms with E-state index in [-0.39, 0.29) is 4.90 Å². The summed E-state index contributed by atoms with van der Waals surface area (Å²) in [6.45, 7) is 2.80. The molecule has 0 atom stereocenters. The van der Waals surface area contributed by atoms with Crippen LogP contribution >= 0.6 is 0 Å². The molecule has 22 heavy (non-hydrogen) atoms. The summed E-state index contributed by atoms with van der Waals surface area (Å²) in [6, 6.07) is 3.26. The number of rotatable bonds is 10. The molecule has 7 heteroatoms. The predicted octanol–water partition coefficient (Wildman–Crippen LogP) is 0.976. The van der Waals surface area contributed by atoms with E-state index in [1.807, 2.05) is 28.2 Å². The van der Waals surface area contributed by atoms with E-state index in [0.717, 1.165) is 25.9 Å². The number of hydrogen-bond donors (Lipinski definition) is 0. The van der Waals surface area contributed by atoms with Crippen molar-refractivity contribution >= 4 is 10.0 Å². The van der Waals surface area contributed by atoms with Gasteiger partial charge in [-0.3, -0.25) is 4.98 Å². The van der Waals surface area contributed by atoms with Gasteiger partial charge in [0, 0.05) is 25.5 Å². The zero-order valence-electron chi connectivity index (χ0n) is 14.1. The first-order valence-electron chi connectivity index (χ1n) is 7.53. The molecule has 0 aromatic carbocycles. The first-order valence-corrected chi connectivity index (χ1v) is 8.97. The average Bonchev–Trinajstić information content (AvgIpc) is 2.46. The van der Waals surface area contributed by atoms with Crippen molar-refractivity contribution in [3.8, 4) is 0 Å². The minimum absolute atomic E-state index is 0.268. The maximum Gasteiger partial charge on any atom is 0.244 e. The number of nitrogens with zero attached hydrogens (tertiary/aromatic N) is 4. The van der Waals surface area contributed by atoms with Crippen molar-refractivity contribution in [2.24, 2.45) is 0 Å². The molecule has 0 unspecified atom stereocenters. The molecule has 0 amide bonds. The summed E-state index contributed by atoms with van der Waals surface area (Å²) < 4.78 is 27.1. The van der Waals surface area contributed by atoms with E-state index >= 15 is 0 Å². The fourth-order valence-corrected chi connectivity index (χ4v) is 3.61. The highest BCUT2D eigenvalue weighted by Gasteiger charge is 2.23. The molecule has 1 aromatic heterocycles. The molecule has 0 saturated heterocycles. The maximum absolute atomic E-state index is 12.7. The van der Waals surface area contributed by atoms with Crippen molar-refractivity contribution in [2.75, 3.05) is 54.4 Å². The van der Waals surface area contributed by atoms with Crippen molar-refractivity contribution in [3.05, 3.63) is 24.5 Å². The van der Waals surface area contributed by atoms with Crippen LogP contribution in [0.15, 0.2) is 29.4 Å². The lowest BCUT2D eigenvalue weighted by molar-refractivity contribution is 0.326. The molecule has 0 N–H and O–H groups in total. The minimum atomic E-state index is -3.46. The van der Waals surface area contributed by atoms with Crippen LogP contribution < -0.4 is 0 Å². The van der Waals surface area contributed by atoms with Gasteiger partial charge in [0.15, 0.2) is 0 Å². The minimum Gasteiger partial charge on any atom is -0.309 e. The summed E-state index contributed by atoms with van der Waals surface area (Å²) in [7, 11) is 4.51. The van der Waals surface area contributed by atoms with E-state index in [4.69, 9.17) is 0 Å². The molecule has 126 valence electrons. The van der Waals surface area contributed by atoms with Crippen LogP contribution in [0.3, 0.4) is 0 Å². The summed E-state index contributed by atoms with van der Waals surface area (Å²) in [5.74, 6) is 0. The van der Waals surface area contributed by atoms with Crippen molar-refractivity contribution < 1.29 is 8.42 Å². The first-order chi connectivity index (χ1) is 10.3. The Hall–Kier alpha value is -1.02. The first kappa shape index (κ1) is 19.0. The van der Waals surface area contributed by atoms with Crippen LogP contribution in [-0.4, -0.2) is 81.9 Å². The summed E-state index contributed by atoms with van der Waals surface area (Å²) in [6.07, 6.45) is 4.63. The van der Waals surface area contributed by atoms with E-state index in [9.17, 15) is 8.42 Å². The smallest absolute Gasteiger partial charge is 0.244 e. The second-order valence-electron chi connectivity index (χ2n) is 5.91. The van der Waals surface area contributed by atoms with Gasteiger partial charge in [0.05, 0.1) is 0 Å². The number of aromatic nitrogens is 1. The number of pyridine rings is 1. The maximum atomic E-state index is 12.7. The van der Waals surface area contributed by atoms with Gasteiger partial charge >= 0.3 is 0 Å². The molecule has 0 radical (unpaired) electrons. The van der Waals surface area contributed by atoms with E-state index in [0.29, 0.717) is 13.1 Å². The standard InChI is InChI=1S/C15H28N4O2S/c1-17(2)10-6-12-19(13-7-11-18(3)4)22(20,21)15-8-5-9-16-14-15/h5,8-9,14H,6-7,10-13H2,1-4H3. The molecule has 0 aliphatic rings. The zero-order chi connectivity index (χ0) is 16.6. The van der Waals surface area contributed by atoms with Gasteiger partial charge in [0.2, 0.25) is 10.0 Å². The van der Waals surface area contributed by atoms with Crippen LogP contribution in [0.5, 0.6) is 0 Å². The topological polar surface area (TPSA) is 56.8 Å². The third-order valence-electron chi connectivity index (χ3n) is 3.30. The highest BCUT2D eigenvalue weighted by atomic mass is 32.2. The Bertz CT molecular complexity index is 504. The quantitative estimate of drug-likeness (QED) is 0.641. The van der Waals surface area contributed by atoms with Gasteiger partial charge in [-0.1, -0.05) is 0 Å². The van der Waals surface area contributed by atoms with Crippen molar-refractivity contribution in [1.82, 2.24) is 19.1 Å². The van der Waals surface area contributed by atoms with Crippen LogP contribution in [0, 0.1) is 0 Å². The lowest BCUT2D eigenvalue weighted by Crippen LogP contribution is -2.35. The molecule has 0 aliphatic carbocycles. The van der Waals surface area contributed by atoms with Gasteiger partial charge in [0.1, 0.15) is 4.90 Å². The molecule has 0 aliphatic heterocycles. The van der Waals surface area contributed by atoms with E-state index in [2.05, 4.69) is 14.8 Å². The summed E-state index contributed by atoms with van der Waals surface area (Å²) in [5.41, 5.74) is 0. The van der Waals surface area contributed by atoms with E-state index < -0.39 is 10.0 Å². The average molecular weight is 328 g/mol. The molecule has 1 aromatic rings. The Labute approximate surface area is 134 Å². The van der Waals surface area contributed by atoms with Crippen LogP contribution in [0.4, 0.5) is 0 Å². The Kier molecular flexibility index (Phi) is 7.95. The third kappa shape index (κ3) is 6.39. The predicted molar refractivity (Wildman–Crippen MR) is 89.3 cm³/mol. The summed E-state index contributed by atoms with van der Waals surface area (Å²) in [5, 5.41) is 0. The van der Waals surface area contributed by atoms with Crippen LogP contribution in [-0.2, 0) is 10.0 Å². The van der Waals surface area contributed by atoms with Crippen molar-refractivity contribution in [1.29, 1.82) is 0 Å². The van der Waals surface area contributed by atoms with Gasteiger partial charge in [-0.15, -0.1) is 0 Å². The molecule has 1 rings (SSSR count). The largest absolute Gasteiger partial charge is 0.309 e. The fraction of sp³-hybridized carbons (Fsp3) is 0.667. The Balaban J connectivity index is 2.78. The Morgan fingerprint density at radius 1 is 0.955 bits per heavy atom. The number of sulfonamides is 1. The van der Waals surface area contributed by atoms with Gasteiger partial charge in [0.25, 0.3) is 0 Å².